The van der Waals surface area contributed by atoms with E-state index in [9.17, 15) is 14.0 Å². The van der Waals surface area contributed by atoms with Crippen LogP contribution in [0.5, 0.6) is 5.75 Å². The SMILES string of the molecule is CC(C)Oc1ccc(CCC2(C3CCCC3)CC(=O)C(Sc3cccc4cccnc34)C(=O)O2)cc1F. The Morgan fingerprint density at radius 3 is 2.65 bits per heavy atom. The van der Waals surface area contributed by atoms with Crippen molar-refractivity contribution in [2.24, 2.45) is 5.92 Å². The van der Waals surface area contributed by atoms with Gasteiger partial charge in [-0.15, -0.1) is 11.8 Å². The fourth-order valence-corrected chi connectivity index (χ4v) is 6.70. The number of esters is 1. The molecule has 2 atom stereocenters. The molecule has 1 aliphatic heterocycles. The maximum absolute atomic E-state index is 14.6. The monoisotopic (exact) mass is 521 g/mol. The van der Waals surface area contributed by atoms with Gasteiger partial charge in [-0.1, -0.05) is 37.1 Å². The van der Waals surface area contributed by atoms with Gasteiger partial charge in [-0.3, -0.25) is 14.6 Å². The Labute approximate surface area is 221 Å². The van der Waals surface area contributed by atoms with Gasteiger partial charge in [-0.25, -0.2) is 4.39 Å². The molecule has 37 heavy (non-hydrogen) atoms. The lowest BCUT2D eigenvalue weighted by Crippen LogP contribution is -2.53. The van der Waals surface area contributed by atoms with Gasteiger partial charge in [0.15, 0.2) is 22.6 Å². The number of rotatable bonds is 8. The molecular formula is C30H32FNO4S. The number of benzene rings is 2. The van der Waals surface area contributed by atoms with E-state index in [0.717, 1.165) is 47.0 Å². The smallest absolute Gasteiger partial charge is 0.327 e. The molecule has 3 aromatic rings. The number of halogens is 1. The van der Waals surface area contributed by atoms with Crippen molar-refractivity contribution in [3.05, 3.63) is 66.1 Å². The van der Waals surface area contributed by atoms with E-state index in [4.69, 9.17) is 9.47 Å². The van der Waals surface area contributed by atoms with Crippen LogP contribution >= 0.6 is 11.8 Å². The summed E-state index contributed by atoms with van der Waals surface area (Å²) in [6.45, 7) is 3.71. The fraction of sp³-hybridized carbons (Fsp3) is 0.433. The highest BCUT2D eigenvalue weighted by molar-refractivity contribution is 8.01. The standard InChI is InChI=1S/C30H32FNO4S/c1-19(2)35-25-13-12-20(17-23(25)31)14-15-30(22-9-3-4-10-22)18-24(33)28(29(34)36-30)37-26-11-5-7-21-8-6-16-32-27(21)26/h5-8,11-13,16-17,19,22,28H,3-4,9-10,14-15,18H2,1-2H3. The molecule has 5 nitrogen and oxygen atoms in total. The van der Waals surface area contributed by atoms with E-state index in [1.165, 1.54) is 17.8 Å². The van der Waals surface area contributed by atoms with Crippen molar-refractivity contribution in [1.82, 2.24) is 4.98 Å². The Kier molecular flexibility index (Phi) is 7.52. The van der Waals surface area contributed by atoms with Crippen molar-refractivity contribution in [3.63, 3.8) is 0 Å². The first-order valence-electron chi connectivity index (χ1n) is 13.1. The maximum atomic E-state index is 14.6. The zero-order chi connectivity index (χ0) is 26.0. The number of carbonyl (C=O) groups excluding carboxylic acids is 2. The molecule has 2 heterocycles. The van der Waals surface area contributed by atoms with E-state index in [1.807, 2.05) is 50.2 Å². The van der Waals surface area contributed by atoms with Crippen molar-refractivity contribution in [3.8, 4) is 5.75 Å². The molecule has 0 N–H and O–H groups in total. The lowest BCUT2D eigenvalue weighted by Gasteiger charge is -2.43. The van der Waals surface area contributed by atoms with Crippen LogP contribution in [-0.4, -0.2) is 33.7 Å². The van der Waals surface area contributed by atoms with Crippen molar-refractivity contribution in [1.29, 1.82) is 0 Å². The molecule has 2 aromatic carbocycles. The van der Waals surface area contributed by atoms with Gasteiger partial charge < -0.3 is 9.47 Å². The summed E-state index contributed by atoms with van der Waals surface area (Å²) in [6.07, 6.45) is 6.78. The number of ketones is 1. The molecule has 2 unspecified atom stereocenters. The molecule has 0 bridgehead atoms. The van der Waals surface area contributed by atoms with Crippen LogP contribution in [0.1, 0.15) is 57.9 Å². The summed E-state index contributed by atoms with van der Waals surface area (Å²) in [4.78, 5) is 32.1. The Balaban J connectivity index is 1.35. The number of aryl methyl sites for hydroxylation is 1. The average molecular weight is 522 g/mol. The minimum absolute atomic E-state index is 0.104. The molecule has 0 radical (unpaired) electrons. The largest absolute Gasteiger partial charge is 0.488 e. The van der Waals surface area contributed by atoms with Crippen LogP contribution in [0.25, 0.3) is 10.9 Å². The molecule has 1 saturated carbocycles. The van der Waals surface area contributed by atoms with Gasteiger partial charge in [-0.2, -0.15) is 0 Å². The molecule has 2 fully saturated rings. The van der Waals surface area contributed by atoms with Crippen LogP contribution < -0.4 is 4.74 Å². The molecule has 1 saturated heterocycles. The molecule has 0 spiro atoms. The molecule has 2 aliphatic rings. The molecule has 5 rings (SSSR count). The minimum atomic E-state index is -0.910. The number of hydrogen-bond donors (Lipinski definition) is 0. The van der Waals surface area contributed by atoms with Crippen LogP contribution in [0, 0.1) is 11.7 Å². The number of fused-ring (bicyclic) bond motifs is 1. The van der Waals surface area contributed by atoms with E-state index >= 15 is 0 Å². The van der Waals surface area contributed by atoms with Crippen LogP contribution in [0.15, 0.2) is 59.6 Å². The molecule has 0 amide bonds. The molecule has 1 aromatic heterocycles. The first-order chi connectivity index (χ1) is 17.8. The number of thioether (sulfide) groups is 1. The number of carbonyl (C=O) groups is 2. The van der Waals surface area contributed by atoms with Crippen LogP contribution in [0.4, 0.5) is 4.39 Å². The zero-order valence-corrected chi connectivity index (χ0v) is 22.1. The van der Waals surface area contributed by atoms with E-state index in [1.54, 1.807) is 12.3 Å². The van der Waals surface area contributed by atoms with Gasteiger partial charge in [-0.05, 0) is 75.3 Å². The van der Waals surface area contributed by atoms with Crippen molar-refractivity contribution in [2.45, 2.75) is 80.6 Å². The van der Waals surface area contributed by atoms with Gasteiger partial charge in [0.05, 0.1) is 11.6 Å². The first-order valence-corrected chi connectivity index (χ1v) is 13.9. The summed E-state index contributed by atoms with van der Waals surface area (Å²) in [6, 6.07) is 14.6. The molecule has 1 aliphatic carbocycles. The number of hydrogen-bond acceptors (Lipinski definition) is 6. The Morgan fingerprint density at radius 2 is 1.92 bits per heavy atom. The normalized spacial score (nSPS) is 22.5. The van der Waals surface area contributed by atoms with Gasteiger partial charge in [0, 0.05) is 22.9 Å². The second-order valence-corrected chi connectivity index (χ2v) is 11.5. The number of Topliss-reactive ketones (excluding diaryl/α,β-unsaturated/α-hetero) is 1. The summed E-state index contributed by atoms with van der Waals surface area (Å²) < 4.78 is 26.3. The average Bonchev–Trinajstić information content (AvgIpc) is 3.42. The van der Waals surface area contributed by atoms with E-state index in [2.05, 4.69) is 4.98 Å². The van der Waals surface area contributed by atoms with E-state index < -0.39 is 22.6 Å². The number of cyclic esters (lactones) is 1. The van der Waals surface area contributed by atoms with E-state index in [-0.39, 0.29) is 30.0 Å². The Bertz CT molecular complexity index is 1280. The summed E-state index contributed by atoms with van der Waals surface area (Å²) >= 11 is 1.23. The fourth-order valence-electron chi connectivity index (χ4n) is 5.65. The topological polar surface area (TPSA) is 65.5 Å². The van der Waals surface area contributed by atoms with Gasteiger partial charge in [0.1, 0.15) is 5.60 Å². The molecular weight excluding hydrogens is 489 g/mol. The second kappa shape index (κ2) is 10.8. The summed E-state index contributed by atoms with van der Waals surface area (Å²) in [7, 11) is 0. The summed E-state index contributed by atoms with van der Waals surface area (Å²) in [5.41, 5.74) is 0.727. The molecule has 194 valence electrons. The Morgan fingerprint density at radius 1 is 1.14 bits per heavy atom. The number of aromatic nitrogens is 1. The maximum Gasteiger partial charge on any atom is 0.327 e. The van der Waals surface area contributed by atoms with E-state index in [0.29, 0.717) is 12.8 Å². The number of ether oxygens (including phenoxy) is 2. The quantitative estimate of drug-likeness (QED) is 0.243. The summed E-state index contributed by atoms with van der Waals surface area (Å²) in [5.74, 6) is -0.621. The first kappa shape index (κ1) is 25.7. The molecule has 7 heteroatoms. The number of nitrogens with zero attached hydrogens (tertiary/aromatic N) is 1. The lowest BCUT2D eigenvalue weighted by molar-refractivity contribution is -0.177. The lowest BCUT2D eigenvalue weighted by atomic mass is 9.76. The van der Waals surface area contributed by atoms with Crippen molar-refractivity contribution >= 4 is 34.4 Å². The summed E-state index contributed by atoms with van der Waals surface area (Å²) in [5, 5.41) is 0.0496. The number of pyridine rings is 1. The van der Waals surface area contributed by atoms with Gasteiger partial charge >= 0.3 is 5.97 Å². The highest BCUT2D eigenvalue weighted by Gasteiger charge is 2.51. The zero-order valence-electron chi connectivity index (χ0n) is 21.2. The third-order valence-corrected chi connectivity index (χ3v) is 8.69. The van der Waals surface area contributed by atoms with Gasteiger partial charge in [0.2, 0.25) is 0 Å². The van der Waals surface area contributed by atoms with Crippen LogP contribution in [-0.2, 0) is 20.7 Å². The highest BCUT2D eigenvalue weighted by Crippen LogP contribution is 2.46. The predicted octanol–water partition coefficient (Wildman–Crippen LogP) is 6.70. The highest BCUT2D eigenvalue weighted by atomic mass is 32.2. The predicted molar refractivity (Wildman–Crippen MR) is 142 cm³/mol. The second-order valence-electron chi connectivity index (χ2n) is 10.4. The van der Waals surface area contributed by atoms with Crippen molar-refractivity contribution < 1.29 is 23.5 Å². The van der Waals surface area contributed by atoms with Crippen molar-refractivity contribution in [2.75, 3.05) is 0 Å². The van der Waals surface area contributed by atoms with Gasteiger partial charge in [0.25, 0.3) is 0 Å². The number of para-hydroxylation sites is 1. The third kappa shape index (κ3) is 5.52. The minimum Gasteiger partial charge on any atom is -0.488 e. The Hall–Kier alpha value is -2.93. The van der Waals surface area contributed by atoms with Crippen LogP contribution in [0.3, 0.4) is 0 Å². The third-order valence-electron chi connectivity index (χ3n) is 7.42. The van der Waals surface area contributed by atoms with Crippen LogP contribution in [0.2, 0.25) is 0 Å².